The maximum absolute atomic E-state index is 13.0. The smallest absolute Gasteiger partial charge is 0.263 e. The molecule has 2 aromatic rings. The largest absolute Gasteiger partial charge is 0.323 e. The summed E-state index contributed by atoms with van der Waals surface area (Å²) in [6.07, 6.45) is 5.76. The molecule has 21 heavy (non-hydrogen) atoms. The molecule has 2 heterocycles. The van der Waals surface area contributed by atoms with Crippen LogP contribution in [0.4, 0.5) is 0 Å². The quantitative estimate of drug-likeness (QED) is 0.600. The van der Waals surface area contributed by atoms with Crippen LogP contribution in [-0.4, -0.2) is 9.55 Å². The summed E-state index contributed by atoms with van der Waals surface area (Å²) >= 11 is 7.12. The van der Waals surface area contributed by atoms with Crippen LogP contribution in [0.3, 0.4) is 0 Å². The summed E-state index contributed by atoms with van der Waals surface area (Å²) in [5.41, 5.74) is 1.21. The average Bonchev–Trinajstić information content (AvgIpc) is 2.59. The van der Waals surface area contributed by atoms with E-state index in [0.29, 0.717) is 4.77 Å². The molecule has 0 bridgehead atoms. The highest BCUT2D eigenvalue weighted by atomic mass is 32.1. The fourth-order valence-corrected chi connectivity index (χ4v) is 4.85. The fourth-order valence-electron chi connectivity index (χ4n) is 3.40. The summed E-state index contributed by atoms with van der Waals surface area (Å²) < 4.78 is 2.45. The fraction of sp³-hybridized carbons (Fsp3) is 0.625. The average molecular weight is 322 g/mol. The summed E-state index contributed by atoms with van der Waals surface area (Å²) in [4.78, 5) is 18.4. The first-order valence-electron chi connectivity index (χ1n) is 7.73. The summed E-state index contributed by atoms with van der Waals surface area (Å²) in [5, 5.41) is 0.836. The van der Waals surface area contributed by atoms with E-state index in [9.17, 15) is 4.79 Å². The zero-order valence-electron chi connectivity index (χ0n) is 12.9. The topological polar surface area (TPSA) is 37.8 Å². The Bertz CT molecular complexity index is 784. The van der Waals surface area contributed by atoms with Crippen molar-refractivity contribution in [2.24, 2.45) is 5.92 Å². The Labute approximate surface area is 134 Å². The van der Waals surface area contributed by atoms with E-state index in [1.807, 2.05) is 11.5 Å². The second kappa shape index (κ2) is 5.69. The maximum atomic E-state index is 13.0. The summed E-state index contributed by atoms with van der Waals surface area (Å²) in [7, 11) is 0. The van der Waals surface area contributed by atoms with Gasteiger partial charge in [0.2, 0.25) is 0 Å². The SMILES string of the molecule is Cc1sc2[nH]c(=S)n(C3CCCC(C)CC3)c(=O)c2c1C. The lowest BCUT2D eigenvalue weighted by Gasteiger charge is -2.18. The Hall–Kier alpha value is -0.940. The highest BCUT2D eigenvalue weighted by Crippen LogP contribution is 2.31. The van der Waals surface area contributed by atoms with Gasteiger partial charge in [0.05, 0.1) is 5.39 Å². The molecule has 2 atom stereocenters. The van der Waals surface area contributed by atoms with Crippen LogP contribution in [0.2, 0.25) is 0 Å². The van der Waals surface area contributed by atoms with E-state index in [1.165, 1.54) is 24.1 Å². The number of thiophene rings is 1. The van der Waals surface area contributed by atoms with Crippen molar-refractivity contribution in [3.8, 4) is 0 Å². The molecule has 0 saturated heterocycles. The van der Waals surface area contributed by atoms with Gasteiger partial charge in [-0.2, -0.15) is 0 Å². The lowest BCUT2D eigenvalue weighted by molar-refractivity contribution is 0.417. The van der Waals surface area contributed by atoms with Gasteiger partial charge in [-0.05, 0) is 56.8 Å². The molecule has 2 aromatic heterocycles. The van der Waals surface area contributed by atoms with Crippen molar-refractivity contribution in [2.75, 3.05) is 0 Å². The number of nitrogens with one attached hydrogen (secondary N) is 1. The van der Waals surface area contributed by atoms with Crippen LogP contribution in [0.1, 0.15) is 55.5 Å². The van der Waals surface area contributed by atoms with Gasteiger partial charge >= 0.3 is 0 Å². The molecule has 2 unspecified atom stereocenters. The number of hydrogen-bond acceptors (Lipinski definition) is 3. The zero-order valence-corrected chi connectivity index (χ0v) is 14.5. The van der Waals surface area contributed by atoms with Gasteiger partial charge in [0.1, 0.15) is 4.83 Å². The van der Waals surface area contributed by atoms with Crippen molar-refractivity contribution in [3.63, 3.8) is 0 Å². The van der Waals surface area contributed by atoms with Crippen molar-refractivity contribution in [1.29, 1.82) is 0 Å². The maximum Gasteiger partial charge on any atom is 0.263 e. The van der Waals surface area contributed by atoms with Gasteiger partial charge in [-0.1, -0.05) is 19.8 Å². The van der Waals surface area contributed by atoms with Crippen molar-refractivity contribution < 1.29 is 0 Å². The second-order valence-corrected chi connectivity index (χ2v) is 7.97. The molecule has 0 radical (unpaired) electrons. The van der Waals surface area contributed by atoms with E-state index in [2.05, 4.69) is 18.8 Å². The minimum atomic E-state index is 0.107. The normalized spacial score (nSPS) is 23.4. The summed E-state index contributed by atoms with van der Waals surface area (Å²) in [6.45, 7) is 6.40. The highest BCUT2D eigenvalue weighted by Gasteiger charge is 2.21. The number of aryl methyl sites for hydroxylation is 2. The predicted molar refractivity (Wildman–Crippen MR) is 92.0 cm³/mol. The lowest BCUT2D eigenvalue weighted by atomic mass is 10.0. The van der Waals surface area contributed by atoms with Gasteiger partial charge in [-0.3, -0.25) is 9.36 Å². The van der Waals surface area contributed by atoms with Gasteiger partial charge < -0.3 is 4.98 Å². The van der Waals surface area contributed by atoms with Crippen LogP contribution >= 0.6 is 23.6 Å². The Morgan fingerprint density at radius 2 is 2.00 bits per heavy atom. The minimum Gasteiger partial charge on any atom is -0.323 e. The minimum absolute atomic E-state index is 0.107. The Morgan fingerprint density at radius 1 is 1.24 bits per heavy atom. The van der Waals surface area contributed by atoms with Crippen LogP contribution in [0.15, 0.2) is 4.79 Å². The molecule has 1 aliphatic rings. The third kappa shape index (κ3) is 2.61. The molecule has 1 saturated carbocycles. The Balaban J connectivity index is 2.16. The van der Waals surface area contributed by atoms with Crippen LogP contribution in [0.25, 0.3) is 10.2 Å². The molecule has 5 heteroatoms. The number of aromatic nitrogens is 2. The monoisotopic (exact) mass is 322 g/mol. The number of hydrogen-bond donors (Lipinski definition) is 1. The second-order valence-electron chi connectivity index (χ2n) is 6.36. The van der Waals surface area contributed by atoms with Gasteiger partial charge in [-0.25, -0.2) is 0 Å². The zero-order chi connectivity index (χ0) is 15.1. The number of rotatable bonds is 1. The van der Waals surface area contributed by atoms with Crippen LogP contribution < -0.4 is 5.56 Å². The van der Waals surface area contributed by atoms with Gasteiger partial charge in [0.15, 0.2) is 4.77 Å². The first kappa shape index (κ1) is 15.0. The Morgan fingerprint density at radius 3 is 2.76 bits per heavy atom. The van der Waals surface area contributed by atoms with Crippen LogP contribution in [0, 0.1) is 24.5 Å². The van der Waals surface area contributed by atoms with Crippen molar-refractivity contribution in [2.45, 2.75) is 58.9 Å². The van der Waals surface area contributed by atoms with E-state index in [0.717, 1.165) is 34.5 Å². The lowest BCUT2D eigenvalue weighted by Crippen LogP contribution is -2.26. The highest BCUT2D eigenvalue weighted by molar-refractivity contribution is 7.71. The van der Waals surface area contributed by atoms with Gasteiger partial charge in [0, 0.05) is 10.9 Å². The van der Waals surface area contributed by atoms with Crippen molar-refractivity contribution in [3.05, 3.63) is 25.6 Å². The van der Waals surface area contributed by atoms with Crippen molar-refractivity contribution in [1.82, 2.24) is 9.55 Å². The van der Waals surface area contributed by atoms with E-state index in [4.69, 9.17) is 12.2 Å². The molecular weight excluding hydrogens is 300 g/mol. The molecule has 1 aliphatic carbocycles. The molecule has 1 N–H and O–H groups in total. The van der Waals surface area contributed by atoms with Crippen molar-refractivity contribution >= 4 is 33.8 Å². The van der Waals surface area contributed by atoms with E-state index in [1.54, 1.807) is 11.3 Å². The third-order valence-corrected chi connectivity index (χ3v) is 6.27. The third-order valence-electron chi connectivity index (χ3n) is 4.85. The van der Waals surface area contributed by atoms with Crippen LogP contribution in [0.5, 0.6) is 0 Å². The number of H-pyrrole nitrogens is 1. The molecule has 0 aliphatic heterocycles. The van der Waals surface area contributed by atoms with E-state index >= 15 is 0 Å². The molecule has 0 aromatic carbocycles. The van der Waals surface area contributed by atoms with Gasteiger partial charge in [0.25, 0.3) is 5.56 Å². The predicted octanol–water partition coefficient (Wildman–Crippen LogP) is 4.88. The first-order chi connectivity index (χ1) is 9.99. The molecule has 1 fully saturated rings. The van der Waals surface area contributed by atoms with E-state index < -0.39 is 0 Å². The molecule has 0 spiro atoms. The molecule has 114 valence electrons. The van der Waals surface area contributed by atoms with Crippen LogP contribution in [-0.2, 0) is 0 Å². The number of fused-ring (bicyclic) bond motifs is 1. The summed E-state index contributed by atoms with van der Waals surface area (Å²) in [6, 6.07) is 0.259. The Kier molecular flexibility index (Phi) is 4.06. The summed E-state index contributed by atoms with van der Waals surface area (Å²) in [5.74, 6) is 0.761. The number of nitrogens with zero attached hydrogens (tertiary/aromatic N) is 1. The molecule has 3 nitrogen and oxygen atoms in total. The van der Waals surface area contributed by atoms with E-state index in [-0.39, 0.29) is 11.6 Å². The molecular formula is C16H22N2OS2. The molecule has 3 rings (SSSR count). The first-order valence-corrected chi connectivity index (χ1v) is 8.96. The molecule has 0 amide bonds. The standard InChI is InChI=1S/C16H22N2OS2/c1-9-5-4-6-12(8-7-9)18-15(19)13-10(2)11(3)21-14(13)17-16(18)20/h9,12H,4-8H2,1-3H3,(H,17,20). The van der Waals surface area contributed by atoms with Gasteiger partial charge in [-0.15, -0.1) is 11.3 Å². The number of aromatic amines is 1.